The number of amides is 1. The van der Waals surface area contributed by atoms with Crippen molar-refractivity contribution >= 4 is 18.3 Å². The molecular weight excluding hydrogens is 224 g/mol. The standard InChI is InChI=1S/C12H26N2O.ClH/c13-11-9-7-5-3-1-2-4-6-8-10-12(14)15;/h1-11,13H2,(H2,14,15);1H. The quantitative estimate of drug-likeness (QED) is 0.554. The van der Waals surface area contributed by atoms with Gasteiger partial charge in [-0.1, -0.05) is 44.9 Å². The molecule has 0 aliphatic carbocycles. The van der Waals surface area contributed by atoms with Crippen LogP contribution in [0.3, 0.4) is 0 Å². The molecule has 4 heteroatoms. The summed E-state index contributed by atoms with van der Waals surface area (Å²) in [5.74, 6) is -0.170. The van der Waals surface area contributed by atoms with E-state index in [2.05, 4.69) is 0 Å². The van der Waals surface area contributed by atoms with Gasteiger partial charge in [0.1, 0.15) is 0 Å². The van der Waals surface area contributed by atoms with Crippen molar-refractivity contribution in [1.29, 1.82) is 0 Å². The molecule has 0 aromatic heterocycles. The lowest BCUT2D eigenvalue weighted by Gasteiger charge is -2.01. The lowest BCUT2D eigenvalue weighted by atomic mass is 10.1. The van der Waals surface area contributed by atoms with Crippen molar-refractivity contribution in [3.8, 4) is 0 Å². The number of rotatable bonds is 11. The normalized spacial score (nSPS) is 9.81. The van der Waals surface area contributed by atoms with Crippen LogP contribution in [0.1, 0.15) is 64.2 Å². The van der Waals surface area contributed by atoms with Gasteiger partial charge in [-0.25, -0.2) is 0 Å². The predicted molar refractivity (Wildman–Crippen MR) is 71.7 cm³/mol. The SMILES string of the molecule is Cl.NCCCCCCCCCCCC(N)=O. The molecule has 0 radical (unpaired) electrons. The summed E-state index contributed by atoms with van der Waals surface area (Å²) in [5, 5.41) is 0. The smallest absolute Gasteiger partial charge is 0.217 e. The molecular formula is C12H27ClN2O. The van der Waals surface area contributed by atoms with Crippen LogP contribution in [-0.4, -0.2) is 12.5 Å². The molecule has 0 saturated heterocycles. The molecule has 0 bridgehead atoms. The topological polar surface area (TPSA) is 69.1 Å². The lowest BCUT2D eigenvalue weighted by Crippen LogP contribution is -2.09. The van der Waals surface area contributed by atoms with Gasteiger partial charge in [0.15, 0.2) is 0 Å². The van der Waals surface area contributed by atoms with E-state index in [9.17, 15) is 4.79 Å². The summed E-state index contributed by atoms with van der Waals surface area (Å²) >= 11 is 0. The summed E-state index contributed by atoms with van der Waals surface area (Å²) in [7, 11) is 0. The number of primary amides is 1. The second kappa shape index (κ2) is 14.7. The minimum atomic E-state index is -0.170. The minimum absolute atomic E-state index is 0. The highest BCUT2D eigenvalue weighted by atomic mass is 35.5. The molecule has 0 aromatic rings. The monoisotopic (exact) mass is 250 g/mol. The Balaban J connectivity index is 0. The van der Waals surface area contributed by atoms with Gasteiger partial charge < -0.3 is 11.5 Å². The van der Waals surface area contributed by atoms with Crippen molar-refractivity contribution in [2.45, 2.75) is 64.2 Å². The van der Waals surface area contributed by atoms with Gasteiger partial charge in [0.25, 0.3) is 0 Å². The fraction of sp³-hybridized carbons (Fsp3) is 0.917. The Morgan fingerprint density at radius 3 is 1.50 bits per heavy atom. The number of hydrogen-bond donors (Lipinski definition) is 2. The first-order chi connectivity index (χ1) is 7.27. The summed E-state index contributed by atoms with van der Waals surface area (Å²) in [5.41, 5.74) is 10.5. The lowest BCUT2D eigenvalue weighted by molar-refractivity contribution is -0.118. The highest BCUT2D eigenvalue weighted by Crippen LogP contribution is 2.10. The van der Waals surface area contributed by atoms with Crippen LogP contribution in [0.15, 0.2) is 0 Å². The first-order valence-corrected chi connectivity index (χ1v) is 6.25. The summed E-state index contributed by atoms with van der Waals surface area (Å²) in [6.07, 6.45) is 11.6. The number of carbonyl (C=O) groups excluding carboxylic acids is 1. The molecule has 0 aromatic carbocycles. The number of unbranched alkanes of at least 4 members (excludes halogenated alkanes) is 8. The van der Waals surface area contributed by atoms with E-state index >= 15 is 0 Å². The van der Waals surface area contributed by atoms with Crippen LogP contribution in [0.5, 0.6) is 0 Å². The van der Waals surface area contributed by atoms with Crippen LogP contribution in [0.25, 0.3) is 0 Å². The molecule has 0 unspecified atom stereocenters. The zero-order valence-electron chi connectivity index (χ0n) is 10.2. The van der Waals surface area contributed by atoms with Gasteiger partial charge in [-0.15, -0.1) is 12.4 Å². The maximum absolute atomic E-state index is 10.4. The Labute approximate surface area is 106 Å². The van der Waals surface area contributed by atoms with E-state index in [0.29, 0.717) is 6.42 Å². The average molecular weight is 251 g/mol. The molecule has 3 nitrogen and oxygen atoms in total. The highest BCUT2D eigenvalue weighted by Gasteiger charge is 1.95. The fourth-order valence-electron chi connectivity index (χ4n) is 1.68. The summed E-state index contributed by atoms with van der Waals surface area (Å²) in [6, 6.07) is 0. The maximum atomic E-state index is 10.4. The van der Waals surface area contributed by atoms with Crippen molar-refractivity contribution < 1.29 is 4.79 Å². The van der Waals surface area contributed by atoms with Crippen LogP contribution in [0.2, 0.25) is 0 Å². The second-order valence-corrected chi connectivity index (χ2v) is 4.19. The molecule has 0 rings (SSSR count). The van der Waals surface area contributed by atoms with Crippen LogP contribution < -0.4 is 11.5 Å². The zero-order valence-corrected chi connectivity index (χ0v) is 11.1. The third-order valence-electron chi connectivity index (χ3n) is 2.63. The molecule has 98 valence electrons. The molecule has 0 spiro atoms. The Morgan fingerprint density at radius 2 is 1.12 bits per heavy atom. The molecule has 0 aliphatic heterocycles. The van der Waals surface area contributed by atoms with E-state index in [1.807, 2.05) is 0 Å². The van der Waals surface area contributed by atoms with E-state index < -0.39 is 0 Å². The van der Waals surface area contributed by atoms with Gasteiger partial charge in [-0.2, -0.15) is 0 Å². The van der Waals surface area contributed by atoms with Crippen molar-refractivity contribution in [3.05, 3.63) is 0 Å². The van der Waals surface area contributed by atoms with Crippen LogP contribution in [-0.2, 0) is 4.79 Å². The van der Waals surface area contributed by atoms with Gasteiger partial charge in [0, 0.05) is 6.42 Å². The number of hydrogen-bond acceptors (Lipinski definition) is 2. The molecule has 0 heterocycles. The number of carbonyl (C=O) groups is 1. The molecule has 0 fully saturated rings. The van der Waals surface area contributed by atoms with Crippen LogP contribution >= 0.6 is 12.4 Å². The zero-order chi connectivity index (χ0) is 11.4. The van der Waals surface area contributed by atoms with E-state index in [1.54, 1.807) is 0 Å². The van der Waals surface area contributed by atoms with E-state index in [-0.39, 0.29) is 18.3 Å². The summed E-state index contributed by atoms with van der Waals surface area (Å²) in [6.45, 7) is 0.827. The van der Waals surface area contributed by atoms with Crippen molar-refractivity contribution in [3.63, 3.8) is 0 Å². The molecule has 0 aliphatic rings. The summed E-state index contributed by atoms with van der Waals surface area (Å²) in [4.78, 5) is 10.4. The van der Waals surface area contributed by atoms with E-state index in [1.165, 1.54) is 44.9 Å². The Bertz CT molecular complexity index is 154. The minimum Gasteiger partial charge on any atom is -0.370 e. The molecule has 16 heavy (non-hydrogen) atoms. The average Bonchev–Trinajstić information content (AvgIpc) is 2.20. The van der Waals surface area contributed by atoms with Crippen molar-refractivity contribution in [2.75, 3.05) is 6.54 Å². The van der Waals surface area contributed by atoms with Crippen LogP contribution in [0.4, 0.5) is 0 Å². The van der Waals surface area contributed by atoms with Crippen molar-refractivity contribution in [1.82, 2.24) is 0 Å². The van der Waals surface area contributed by atoms with Gasteiger partial charge in [0.2, 0.25) is 5.91 Å². The first-order valence-electron chi connectivity index (χ1n) is 6.25. The molecule has 1 amide bonds. The largest absolute Gasteiger partial charge is 0.370 e. The predicted octanol–water partition coefficient (Wildman–Crippen LogP) is 2.75. The van der Waals surface area contributed by atoms with Gasteiger partial charge in [-0.3, -0.25) is 4.79 Å². The molecule has 4 N–H and O–H groups in total. The Hall–Kier alpha value is -0.280. The third-order valence-corrected chi connectivity index (χ3v) is 2.63. The van der Waals surface area contributed by atoms with Gasteiger partial charge >= 0.3 is 0 Å². The maximum Gasteiger partial charge on any atom is 0.217 e. The third kappa shape index (κ3) is 16.2. The number of halogens is 1. The van der Waals surface area contributed by atoms with E-state index in [4.69, 9.17) is 11.5 Å². The van der Waals surface area contributed by atoms with E-state index in [0.717, 1.165) is 19.4 Å². The summed E-state index contributed by atoms with van der Waals surface area (Å²) < 4.78 is 0. The molecule has 0 atom stereocenters. The van der Waals surface area contributed by atoms with Gasteiger partial charge in [0.05, 0.1) is 0 Å². The highest BCUT2D eigenvalue weighted by molar-refractivity contribution is 5.85. The Kier molecular flexibility index (Phi) is 16.6. The number of nitrogens with two attached hydrogens (primary N) is 2. The van der Waals surface area contributed by atoms with Crippen molar-refractivity contribution in [2.24, 2.45) is 11.5 Å². The molecule has 0 saturated carbocycles. The Morgan fingerprint density at radius 1 is 0.750 bits per heavy atom. The van der Waals surface area contributed by atoms with Crippen LogP contribution in [0, 0.1) is 0 Å². The second-order valence-electron chi connectivity index (χ2n) is 4.19. The fourth-order valence-corrected chi connectivity index (χ4v) is 1.68. The first kappa shape index (κ1) is 18.1. The van der Waals surface area contributed by atoms with Gasteiger partial charge in [-0.05, 0) is 19.4 Å².